The first kappa shape index (κ1) is 43.1. The Kier molecular flexibility index (Phi) is 14.0. The lowest BCUT2D eigenvalue weighted by molar-refractivity contribution is 0.0284. The molecule has 4 aromatic carbocycles. The highest BCUT2D eigenvalue weighted by Gasteiger charge is 2.23. The molecule has 0 spiro atoms. The molecule has 0 radical (unpaired) electrons. The number of aromatic nitrogens is 5. The predicted molar refractivity (Wildman–Crippen MR) is 227 cm³/mol. The first-order valence-electron chi connectivity index (χ1n) is 18.9. The summed E-state index contributed by atoms with van der Waals surface area (Å²) < 4.78 is 61.4. The Morgan fingerprint density at radius 2 is 1.52 bits per heavy atom. The molecule has 18 heteroatoms. The largest absolute Gasteiger partial charge is 0.497 e. The summed E-state index contributed by atoms with van der Waals surface area (Å²) >= 11 is 0. The van der Waals surface area contributed by atoms with Crippen LogP contribution in [0.4, 0.5) is 21.9 Å². The van der Waals surface area contributed by atoms with Crippen LogP contribution >= 0.6 is 0 Å². The van der Waals surface area contributed by atoms with E-state index < -0.39 is 16.1 Å². The molecular weight excluding hydrogens is 793 g/mol. The molecule has 0 aliphatic carbocycles. The normalized spacial score (nSPS) is 11.6. The monoisotopic (exact) mass is 840 g/mol. The Labute approximate surface area is 348 Å². The van der Waals surface area contributed by atoms with Crippen LogP contribution in [0.25, 0.3) is 10.8 Å². The van der Waals surface area contributed by atoms with Gasteiger partial charge in [0.2, 0.25) is 10.0 Å². The number of rotatable bonds is 19. The van der Waals surface area contributed by atoms with Gasteiger partial charge < -0.3 is 39.1 Å². The van der Waals surface area contributed by atoms with Crippen molar-refractivity contribution in [2.75, 3.05) is 62.3 Å². The van der Waals surface area contributed by atoms with Crippen molar-refractivity contribution in [3.05, 3.63) is 108 Å². The number of carbonyl (C=O) groups excluding carboxylic acids is 1. The second kappa shape index (κ2) is 19.5. The number of nitrogens with zero attached hydrogens (tertiary/aromatic N) is 4. The van der Waals surface area contributed by atoms with E-state index in [-0.39, 0.29) is 23.5 Å². The zero-order chi connectivity index (χ0) is 42.7. The molecule has 0 fully saturated rings. The molecule has 17 nitrogen and oxygen atoms in total. The van der Waals surface area contributed by atoms with Gasteiger partial charge in [-0.05, 0) is 59.0 Å². The van der Waals surface area contributed by atoms with Gasteiger partial charge >= 0.3 is 6.03 Å². The van der Waals surface area contributed by atoms with Crippen LogP contribution in [0.5, 0.6) is 28.7 Å². The molecule has 6 rings (SSSR count). The second-order valence-corrected chi connectivity index (χ2v) is 16.3. The van der Waals surface area contributed by atoms with Gasteiger partial charge in [0.25, 0.3) is 0 Å². The number of anilines is 3. The summed E-state index contributed by atoms with van der Waals surface area (Å²) in [5.41, 5.74) is 3.14. The molecule has 0 saturated heterocycles. The van der Waals surface area contributed by atoms with Gasteiger partial charge in [-0.15, -0.1) is 10.2 Å². The number of sulfonamides is 1. The van der Waals surface area contributed by atoms with Crippen LogP contribution in [-0.4, -0.2) is 87.0 Å². The van der Waals surface area contributed by atoms with Crippen molar-refractivity contribution < 1.29 is 41.6 Å². The fourth-order valence-corrected chi connectivity index (χ4v) is 6.68. The number of tetrazole rings is 1. The molecule has 0 bridgehead atoms. The quantitative estimate of drug-likeness (QED) is 0.0602. The van der Waals surface area contributed by atoms with Gasteiger partial charge in [-0.2, -0.15) is 5.21 Å². The van der Waals surface area contributed by atoms with Crippen LogP contribution in [0.3, 0.4) is 0 Å². The number of hydrogen-bond acceptors (Lipinski definition) is 13. The number of methoxy groups -OCH3 is 2. The number of ether oxygens (including phenoxy) is 6. The molecule has 2 heterocycles. The molecule has 0 aliphatic rings. The number of amides is 2. The van der Waals surface area contributed by atoms with E-state index in [0.717, 1.165) is 33.8 Å². The zero-order valence-electron chi connectivity index (χ0n) is 34.2. The molecule has 2 aromatic heterocycles. The van der Waals surface area contributed by atoms with E-state index in [1.807, 2.05) is 69.3 Å². The number of nitrogens with one attached hydrogen (secondary N) is 4. The first-order chi connectivity index (χ1) is 28.8. The van der Waals surface area contributed by atoms with E-state index in [9.17, 15) is 13.2 Å². The summed E-state index contributed by atoms with van der Waals surface area (Å²) in [5, 5.41) is 20.8. The second-order valence-electron chi connectivity index (χ2n) is 14.6. The van der Waals surface area contributed by atoms with Gasteiger partial charge in [0, 0.05) is 41.2 Å². The summed E-state index contributed by atoms with van der Waals surface area (Å²) in [6, 6.07) is 23.3. The number of aromatic amines is 1. The number of pyridine rings is 1. The van der Waals surface area contributed by atoms with Crippen molar-refractivity contribution in [2.45, 2.75) is 39.2 Å². The summed E-state index contributed by atoms with van der Waals surface area (Å²) in [6.07, 6.45) is 3.22. The van der Waals surface area contributed by atoms with Crippen molar-refractivity contribution in [3.8, 4) is 28.7 Å². The maximum absolute atomic E-state index is 13.5. The topological polar surface area (TPSA) is 210 Å². The minimum Gasteiger partial charge on any atom is -0.497 e. The maximum Gasteiger partial charge on any atom is 0.323 e. The van der Waals surface area contributed by atoms with Crippen LogP contribution in [0.1, 0.15) is 43.4 Å². The van der Waals surface area contributed by atoms with Gasteiger partial charge in [0.1, 0.15) is 36.2 Å². The smallest absolute Gasteiger partial charge is 0.323 e. The summed E-state index contributed by atoms with van der Waals surface area (Å²) in [7, 11) is -0.631. The molecule has 6 aromatic rings. The third kappa shape index (κ3) is 12.0. The van der Waals surface area contributed by atoms with Crippen molar-refractivity contribution in [2.24, 2.45) is 0 Å². The fraction of sp³-hybridized carbons (Fsp3) is 0.310. The highest BCUT2D eigenvalue weighted by atomic mass is 32.2. The Morgan fingerprint density at radius 1 is 0.783 bits per heavy atom. The molecule has 2 amide bonds. The Hall–Kier alpha value is -6.50. The highest BCUT2D eigenvalue weighted by molar-refractivity contribution is 7.92. The van der Waals surface area contributed by atoms with E-state index in [4.69, 9.17) is 28.4 Å². The number of urea groups is 1. The van der Waals surface area contributed by atoms with Crippen LogP contribution in [0.15, 0.2) is 85.1 Å². The van der Waals surface area contributed by atoms with E-state index in [0.29, 0.717) is 73.0 Å². The Morgan fingerprint density at radius 3 is 2.25 bits per heavy atom. The van der Waals surface area contributed by atoms with Crippen LogP contribution in [-0.2, 0) is 37.9 Å². The summed E-state index contributed by atoms with van der Waals surface area (Å²) in [6.45, 7) is 7.68. The zero-order valence-corrected chi connectivity index (χ0v) is 35.0. The van der Waals surface area contributed by atoms with Crippen molar-refractivity contribution in [1.82, 2.24) is 25.6 Å². The average Bonchev–Trinajstić information content (AvgIpc) is 3.72. The van der Waals surface area contributed by atoms with Gasteiger partial charge in [-0.3, -0.25) is 9.71 Å². The molecule has 0 aliphatic heterocycles. The molecule has 0 saturated carbocycles. The van der Waals surface area contributed by atoms with Crippen molar-refractivity contribution >= 4 is 43.9 Å². The number of carbonyl (C=O) groups is 1. The van der Waals surface area contributed by atoms with E-state index >= 15 is 0 Å². The van der Waals surface area contributed by atoms with Gasteiger partial charge in [-0.25, -0.2) is 13.2 Å². The molecule has 4 N–H and O–H groups in total. The van der Waals surface area contributed by atoms with Crippen molar-refractivity contribution in [1.29, 1.82) is 0 Å². The number of benzene rings is 4. The Bertz CT molecular complexity index is 2510. The van der Waals surface area contributed by atoms with Crippen molar-refractivity contribution in [3.63, 3.8) is 0 Å². The molecule has 60 heavy (non-hydrogen) atoms. The fourth-order valence-electron chi connectivity index (χ4n) is 6.13. The number of H-pyrrole nitrogens is 1. The standard InChI is InChI=1S/C42H48N8O9S/c1-42(2,3)28-22-36(40(55-5)37(23-28)48-60(6,52)53)45-41(51)44-35-11-12-38(34-10-8-7-9-33(34)35)59-30-13-14-43-29(24-30)19-27-20-31(54-4)25-32(21-27)58-18-17-56-15-16-57-26-39-46-49-50-47-39/h7-14,20-25,48H,15-19,26H2,1-6H3,(H2,44,45,51)(H,46,47,49,50). The molecule has 0 unspecified atom stereocenters. The molecular formula is C42H48N8O9S. The predicted octanol–water partition coefficient (Wildman–Crippen LogP) is 7.07. The van der Waals surface area contributed by atoms with E-state index in [1.54, 1.807) is 43.6 Å². The Balaban J connectivity index is 1.11. The van der Waals surface area contributed by atoms with Gasteiger partial charge in [0.05, 0.1) is 57.4 Å². The summed E-state index contributed by atoms with van der Waals surface area (Å²) in [4.78, 5) is 18.1. The third-order valence-electron chi connectivity index (χ3n) is 8.90. The lowest BCUT2D eigenvalue weighted by atomic mass is 9.86. The first-order valence-corrected chi connectivity index (χ1v) is 20.8. The minimum atomic E-state index is -3.64. The lowest BCUT2D eigenvalue weighted by Crippen LogP contribution is -2.22. The lowest BCUT2D eigenvalue weighted by Gasteiger charge is -2.24. The summed E-state index contributed by atoms with van der Waals surface area (Å²) in [5.74, 6) is 3.08. The average molecular weight is 841 g/mol. The van der Waals surface area contributed by atoms with E-state index in [2.05, 4.69) is 41.0 Å². The van der Waals surface area contributed by atoms with Crippen LogP contribution < -0.4 is 34.3 Å². The highest BCUT2D eigenvalue weighted by Crippen LogP contribution is 2.40. The van der Waals surface area contributed by atoms with Crippen LogP contribution in [0.2, 0.25) is 0 Å². The molecule has 316 valence electrons. The SMILES string of the molecule is COc1cc(Cc2cc(Oc3ccc(NC(=O)Nc4cc(C(C)(C)C)cc(NS(C)(=O)=O)c4OC)c4ccccc34)ccn2)cc(OCCOCCOCc2nn[nH]n2)c1. The third-order valence-corrected chi connectivity index (χ3v) is 9.49. The van der Waals surface area contributed by atoms with Gasteiger partial charge in [0.15, 0.2) is 11.6 Å². The van der Waals surface area contributed by atoms with Crippen LogP contribution in [0, 0.1) is 0 Å². The van der Waals surface area contributed by atoms with E-state index in [1.165, 1.54) is 7.11 Å². The number of fused-ring (bicyclic) bond motifs is 1. The maximum atomic E-state index is 13.5. The van der Waals surface area contributed by atoms with Gasteiger partial charge in [-0.1, -0.05) is 50.3 Å². The number of hydrogen-bond donors (Lipinski definition) is 4. The minimum absolute atomic E-state index is 0.174. The molecule has 0 atom stereocenters.